The zero-order valence-electron chi connectivity index (χ0n) is 16.1. The lowest BCUT2D eigenvalue weighted by atomic mass is 10.0. The Morgan fingerprint density at radius 2 is 1.93 bits per heavy atom. The smallest absolute Gasteiger partial charge is 0.328 e. The van der Waals surface area contributed by atoms with Crippen LogP contribution in [0.3, 0.4) is 0 Å². The van der Waals surface area contributed by atoms with Crippen LogP contribution >= 0.6 is 11.8 Å². The van der Waals surface area contributed by atoms with Crippen LogP contribution in [0.2, 0.25) is 0 Å². The molecule has 1 aromatic heterocycles. The first-order chi connectivity index (χ1) is 13.1. The van der Waals surface area contributed by atoms with Crippen LogP contribution in [-0.4, -0.2) is 38.6 Å². The molecule has 0 unspecified atom stereocenters. The van der Waals surface area contributed by atoms with Crippen molar-refractivity contribution in [2.75, 3.05) is 13.3 Å². The number of nitrogens with one attached hydrogen (secondary N) is 4. The van der Waals surface area contributed by atoms with Gasteiger partial charge in [0, 0.05) is 23.8 Å². The van der Waals surface area contributed by atoms with Gasteiger partial charge in [0.2, 0.25) is 5.91 Å². The van der Waals surface area contributed by atoms with Gasteiger partial charge in [-0.2, -0.15) is 0 Å². The van der Waals surface area contributed by atoms with E-state index in [1.165, 1.54) is 24.9 Å². The molecular weight excluding hydrogens is 400 g/mol. The molecule has 2 rings (SSSR count). The monoisotopic (exact) mass is 424 g/mol. The number of urea groups is 1. The van der Waals surface area contributed by atoms with Crippen LogP contribution in [0.5, 0.6) is 0 Å². The number of benzene rings is 1. The van der Waals surface area contributed by atoms with Crippen molar-refractivity contribution in [3.05, 3.63) is 47.8 Å². The molecule has 0 saturated heterocycles. The van der Waals surface area contributed by atoms with E-state index < -0.39 is 21.6 Å². The fourth-order valence-electron chi connectivity index (χ4n) is 2.63. The summed E-state index contributed by atoms with van der Waals surface area (Å²) in [6.45, 7) is 3.74. The third-order valence-corrected chi connectivity index (χ3v) is 6.36. The van der Waals surface area contributed by atoms with Crippen molar-refractivity contribution in [1.82, 2.24) is 20.3 Å². The number of carbonyl (C=O) groups excluding carboxylic acids is 2. The Balaban J connectivity index is 2.23. The second-order valence-electron chi connectivity index (χ2n) is 6.60. The van der Waals surface area contributed by atoms with Crippen LogP contribution in [0.15, 0.2) is 46.3 Å². The second-order valence-corrected chi connectivity index (χ2v) is 9.10. The number of aromatic amines is 1. The first kappa shape index (κ1) is 21.8. The molecule has 0 atom stereocenters. The lowest BCUT2D eigenvalue weighted by Crippen LogP contribution is -2.42. The summed E-state index contributed by atoms with van der Waals surface area (Å²) >= 11 is 1.24. The van der Waals surface area contributed by atoms with Crippen LogP contribution in [-0.2, 0) is 26.8 Å². The van der Waals surface area contributed by atoms with E-state index in [1.54, 1.807) is 24.6 Å². The Labute approximate surface area is 168 Å². The number of aromatic nitrogens is 1. The minimum absolute atomic E-state index is 0.00128. The van der Waals surface area contributed by atoms with Gasteiger partial charge in [0.15, 0.2) is 0 Å². The van der Waals surface area contributed by atoms with Gasteiger partial charge in [-0.3, -0.25) is 4.79 Å². The number of sulfonamides is 1. The molecule has 2 aromatic rings. The van der Waals surface area contributed by atoms with E-state index in [2.05, 4.69) is 15.6 Å². The molecule has 8 nitrogen and oxygen atoms in total. The van der Waals surface area contributed by atoms with Crippen molar-refractivity contribution in [3.8, 4) is 0 Å². The van der Waals surface area contributed by atoms with Crippen LogP contribution in [0, 0.1) is 0 Å². The summed E-state index contributed by atoms with van der Waals surface area (Å²) in [6.07, 6.45) is 3.52. The minimum Gasteiger partial charge on any atom is -0.363 e. The third-order valence-electron chi connectivity index (χ3n) is 4.06. The lowest BCUT2D eigenvalue weighted by molar-refractivity contribution is -0.122. The zero-order chi connectivity index (χ0) is 20.9. The fraction of sp³-hybridized carbons (Fsp3) is 0.333. The van der Waals surface area contributed by atoms with Crippen molar-refractivity contribution in [2.45, 2.75) is 35.6 Å². The average molecular weight is 425 g/mol. The summed E-state index contributed by atoms with van der Waals surface area (Å²) in [7, 11) is -2.74. The van der Waals surface area contributed by atoms with Gasteiger partial charge in [-0.1, -0.05) is 6.07 Å². The predicted molar refractivity (Wildman–Crippen MR) is 109 cm³/mol. The van der Waals surface area contributed by atoms with E-state index in [4.69, 9.17) is 0 Å². The molecule has 1 aromatic carbocycles. The Morgan fingerprint density at radius 3 is 2.50 bits per heavy atom. The Kier molecular flexibility index (Phi) is 6.78. The van der Waals surface area contributed by atoms with Gasteiger partial charge in [-0.15, -0.1) is 11.8 Å². The highest BCUT2D eigenvalue weighted by molar-refractivity contribution is 7.99. The predicted octanol–water partition coefficient (Wildman–Crippen LogP) is 1.95. The van der Waals surface area contributed by atoms with E-state index in [0.29, 0.717) is 10.5 Å². The van der Waals surface area contributed by atoms with Crippen LogP contribution in [0.1, 0.15) is 25.1 Å². The van der Waals surface area contributed by atoms with Crippen LogP contribution in [0.4, 0.5) is 4.79 Å². The average Bonchev–Trinajstić information content (AvgIpc) is 3.16. The molecular formula is C18H24N4O4S2. The maximum absolute atomic E-state index is 12.5. The summed E-state index contributed by atoms with van der Waals surface area (Å²) < 4.78 is 27.0. The lowest BCUT2D eigenvalue weighted by Gasteiger charge is -2.25. The minimum atomic E-state index is -4.06. The number of hydrogen-bond donors (Lipinski definition) is 4. The highest BCUT2D eigenvalue weighted by Gasteiger charge is 2.25. The summed E-state index contributed by atoms with van der Waals surface area (Å²) in [5.74, 6) is -0.251. The van der Waals surface area contributed by atoms with Gasteiger partial charge in [0.1, 0.15) is 4.90 Å². The normalized spacial score (nSPS) is 11.7. The maximum atomic E-state index is 12.5. The molecule has 1 heterocycles. The highest BCUT2D eigenvalue weighted by Crippen LogP contribution is 2.26. The first-order valence-corrected chi connectivity index (χ1v) is 11.2. The molecule has 0 aliphatic heterocycles. The first-order valence-electron chi connectivity index (χ1n) is 8.45. The van der Waals surface area contributed by atoms with Crippen molar-refractivity contribution in [2.24, 2.45) is 0 Å². The third kappa shape index (κ3) is 5.29. The highest BCUT2D eigenvalue weighted by atomic mass is 32.2. The van der Waals surface area contributed by atoms with E-state index in [0.717, 1.165) is 5.69 Å². The van der Waals surface area contributed by atoms with Gasteiger partial charge >= 0.3 is 6.03 Å². The zero-order valence-corrected chi connectivity index (χ0v) is 17.8. The van der Waals surface area contributed by atoms with Crippen molar-refractivity contribution >= 4 is 33.7 Å². The molecule has 0 fully saturated rings. The van der Waals surface area contributed by atoms with E-state index in [-0.39, 0.29) is 17.2 Å². The molecule has 3 amide bonds. The van der Waals surface area contributed by atoms with Gasteiger partial charge in [0.25, 0.3) is 10.0 Å². The molecule has 0 spiro atoms. The number of thioether (sulfide) groups is 1. The number of rotatable bonds is 7. The van der Waals surface area contributed by atoms with Crippen LogP contribution in [0.25, 0.3) is 0 Å². The standard InChI is InChI=1S/C18H24N4O4S2/c1-18(2,15-6-5-9-20-15)21-16(23)11-12-7-8-13(27-4)14(10-12)28(25,26)22-17(24)19-3/h5-10,20H,11H2,1-4H3,(H,21,23)(H2,19,22,24). The number of H-pyrrole nitrogens is 1. The van der Waals surface area contributed by atoms with E-state index in [9.17, 15) is 18.0 Å². The van der Waals surface area contributed by atoms with Gasteiger partial charge in [-0.05, 0) is 49.9 Å². The summed E-state index contributed by atoms with van der Waals surface area (Å²) in [4.78, 5) is 27.5. The maximum Gasteiger partial charge on any atom is 0.328 e. The van der Waals surface area contributed by atoms with Gasteiger partial charge in [0.05, 0.1) is 12.0 Å². The summed E-state index contributed by atoms with van der Waals surface area (Å²) in [5, 5.41) is 5.14. The van der Waals surface area contributed by atoms with Gasteiger partial charge in [-0.25, -0.2) is 17.9 Å². The Bertz CT molecular complexity index is 954. The van der Waals surface area contributed by atoms with Crippen molar-refractivity contribution < 1.29 is 18.0 Å². The number of hydrogen-bond acceptors (Lipinski definition) is 5. The molecule has 28 heavy (non-hydrogen) atoms. The molecule has 4 N–H and O–H groups in total. The molecule has 0 radical (unpaired) electrons. The van der Waals surface area contributed by atoms with E-state index in [1.807, 2.05) is 30.7 Å². The molecule has 0 saturated carbocycles. The number of amides is 3. The second kappa shape index (κ2) is 8.70. The van der Waals surface area contributed by atoms with Gasteiger partial charge < -0.3 is 15.6 Å². The van der Waals surface area contributed by atoms with Crippen LogP contribution < -0.4 is 15.4 Å². The Hall–Kier alpha value is -2.46. The van der Waals surface area contributed by atoms with Crippen molar-refractivity contribution in [3.63, 3.8) is 0 Å². The quantitative estimate of drug-likeness (QED) is 0.507. The molecule has 10 heteroatoms. The SMILES string of the molecule is CNC(=O)NS(=O)(=O)c1cc(CC(=O)NC(C)(C)c2ccc[nH]2)ccc1SC. The molecule has 0 aliphatic carbocycles. The largest absolute Gasteiger partial charge is 0.363 e. The Morgan fingerprint density at radius 1 is 1.21 bits per heavy atom. The molecule has 0 bridgehead atoms. The fourth-order valence-corrected chi connectivity index (χ4v) is 4.77. The van der Waals surface area contributed by atoms with Crippen molar-refractivity contribution in [1.29, 1.82) is 0 Å². The molecule has 152 valence electrons. The number of carbonyl (C=O) groups is 2. The topological polar surface area (TPSA) is 120 Å². The van der Waals surface area contributed by atoms with E-state index >= 15 is 0 Å². The summed E-state index contributed by atoms with van der Waals surface area (Å²) in [5.41, 5.74) is 0.779. The molecule has 0 aliphatic rings. The summed E-state index contributed by atoms with van der Waals surface area (Å²) in [6, 6.07) is 7.64.